The summed E-state index contributed by atoms with van der Waals surface area (Å²) in [6, 6.07) is 58.2. The third kappa shape index (κ3) is 6.91. The van der Waals surface area contributed by atoms with Crippen LogP contribution in [0.2, 0.25) is 0 Å². The summed E-state index contributed by atoms with van der Waals surface area (Å²) in [7, 11) is 0. The van der Waals surface area contributed by atoms with Crippen LogP contribution in [0.1, 0.15) is 104 Å². The number of nitriles is 4. The van der Waals surface area contributed by atoms with Gasteiger partial charge in [-0.15, -0.1) is 22.7 Å². The van der Waals surface area contributed by atoms with E-state index in [9.17, 15) is 25.8 Å². The lowest BCUT2D eigenvalue weighted by atomic mass is 9.65. The first-order chi connectivity index (χ1) is 38.8. The summed E-state index contributed by atoms with van der Waals surface area (Å²) >= 11 is 8.68. The monoisotopic (exact) mass is 1090 g/mol. The minimum atomic E-state index is -1.47. The van der Waals surface area contributed by atoms with Gasteiger partial charge in [0.25, 0.3) is 0 Å². The van der Waals surface area contributed by atoms with Crippen molar-refractivity contribution in [3.63, 3.8) is 0 Å². The molecule has 0 bridgehead atoms. The molecular weight excluding hydrogens is 1050 g/mol. The molecule has 0 saturated carbocycles. The molecule has 0 unspecified atom stereocenters. The predicted molar refractivity (Wildman–Crippen MR) is 317 cm³/mol. The number of thiocarbonyl (C=S) groups is 1. The average molecular weight is 1090 g/mol. The smallest absolute Gasteiger partial charge is 0.194 e. The van der Waals surface area contributed by atoms with Crippen LogP contribution in [0.15, 0.2) is 180 Å². The Labute approximate surface area is 474 Å². The van der Waals surface area contributed by atoms with Gasteiger partial charge in [0.1, 0.15) is 47.1 Å². The highest BCUT2D eigenvalue weighted by Crippen LogP contribution is 2.67. The van der Waals surface area contributed by atoms with E-state index in [0.29, 0.717) is 85.6 Å². The van der Waals surface area contributed by atoms with E-state index in [-0.39, 0.29) is 50.3 Å². The number of rotatable bonds is 6. The van der Waals surface area contributed by atoms with Gasteiger partial charge in [-0.1, -0.05) is 180 Å². The lowest BCUT2D eigenvalue weighted by Gasteiger charge is -2.36. The Hall–Kier alpha value is -9.52. The zero-order valence-electron chi connectivity index (χ0n) is 43.3. The maximum atomic E-state index is 20.1. The van der Waals surface area contributed by atoms with Gasteiger partial charge in [0.15, 0.2) is 5.78 Å². The van der Waals surface area contributed by atoms with Crippen LogP contribution in [0.3, 0.4) is 0 Å². The number of ketones is 1. The summed E-state index contributed by atoms with van der Waals surface area (Å²) in [5, 5.41) is 41.2. The quantitative estimate of drug-likeness (QED) is 0.0931. The Kier molecular flexibility index (Phi) is 11.6. The van der Waals surface area contributed by atoms with Crippen LogP contribution in [-0.2, 0) is 10.8 Å². The van der Waals surface area contributed by atoms with Crippen molar-refractivity contribution in [2.45, 2.75) is 38.5 Å². The number of thiophene rings is 2. The minimum absolute atomic E-state index is 0.0865. The number of carbonyl (C=O) groups excluding carboxylic acids is 1. The Balaban J connectivity index is 1.17. The first kappa shape index (κ1) is 50.0. The molecule has 2 heterocycles. The van der Waals surface area contributed by atoms with Crippen LogP contribution in [0, 0.1) is 84.7 Å². The van der Waals surface area contributed by atoms with Crippen molar-refractivity contribution in [1.82, 2.24) is 0 Å². The second kappa shape index (κ2) is 18.6. The van der Waals surface area contributed by atoms with E-state index in [4.69, 9.17) is 12.2 Å². The maximum absolute atomic E-state index is 20.1. The molecule has 0 spiro atoms. The van der Waals surface area contributed by atoms with Gasteiger partial charge in [-0.3, -0.25) is 4.79 Å². The Morgan fingerprint density at radius 3 is 1.18 bits per heavy atom. The molecule has 80 heavy (non-hydrogen) atoms. The fourth-order valence-electron chi connectivity index (χ4n) is 12.7. The summed E-state index contributed by atoms with van der Waals surface area (Å²) in [5.74, 6) is -1.55. The molecule has 0 saturated heterocycles. The molecular formula is C70H40F2N4OS3. The van der Waals surface area contributed by atoms with Crippen LogP contribution in [-0.4, -0.2) is 10.6 Å². The Morgan fingerprint density at radius 2 is 0.800 bits per heavy atom. The van der Waals surface area contributed by atoms with E-state index < -0.39 is 22.5 Å². The van der Waals surface area contributed by atoms with Crippen molar-refractivity contribution in [3.05, 3.63) is 290 Å². The van der Waals surface area contributed by atoms with Crippen LogP contribution < -0.4 is 0 Å². The normalized spacial score (nSPS) is 15.6. The zero-order chi connectivity index (χ0) is 55.5. The number of allylic oxidation sites excluding steroid dienone is 6. The van der Waals surface area contributed by atoms with Gasteiger partial charge in [-0.05, 0) is 96.5 Å². The van der Waals surface area contributed by atoms with E-state index >= 15 is 8.78 Å². The molecule has 0 atom stereocenters. The minimum Gasteiger partial charge on any atom is -0.289 e. The van der Waals surface area contributed by atoms with Crippen molar-refractivity contribution in [1.29, 1.82) is 21.0 Å². The topological polar surface area (TPSA) is 112 Å². The molecule has 0 aliphatic heterocycles. The molecule has 0 radical (unpaired) electrons. The van der Waals surface area contributed by atoms with Gasteiger partial charge < -0.3 is 0 Å². The number of hydrogen-bond acceptors (Lipinski definition) is 8. The summed E-state index contributed by atoms with van der Waals surface area (Å²) in [5.41, 5.74) is 8.87. The SMILES string of the molecule is Cc1ccc(C2(c3ccc(C)cc3)c3cc(/C=C4\C(=O)c5ccccc5C4=C(C#N)C#N)sc3-c3c(F)c4c(c(F)c32)-c2sc(/C=C3\C(=S)c5ccccc5C3=C(C#N)C#N)cc2C4(c2ccc(C)cc2)c2ccc(C)cc2)cc1. The maximum Gasteiger partial charge on any atom is 0.194 e. The number of nitrogens with zero attached hydrogens (tertiary/aromatic N) is 4. The second-order valence-corrected chi connectivity index (χ2v) is 23.3. The molecule has 4 aliphatic carbocycles. The average Bonchev–Trinajstić information content (AvgIpc) is 4.47. The number of benzene rings is 7. The van der Waals surface area contributed by atoms with Gasteiger partial charge in [0, 0.05) is 75.2 Å². The molecule has 2 aromatic heterocycles. The highest BCUT2D eigenvalue weighted by Gasteiger charge is 2.57. The molecule has 4 aliphatic rings. The van der Waals surface area contributed by atoms with Gasteiger partial charge in [0.2, 0.25) is 0 Å². The third-order valence-electron chi connectivity index (χ3n) is 16.3. The summed E-state index contributed by atoms with van der Waals surface area (Å²) in [4.78, 5) is 17.1. The van der Waals surface area contributed by atoms with Gasteiger partial charge in [0.05, 0.1) is 15.7 Å². The van der Waals surface area contributed by atoms with E-state index in [1.54, 1.807) is 30.3 Å². The first-order valence-electron chi connectivity index (χ1n) is 25.7. The summed E-state index contributed by atoms with van der Waals surface area (Å²) < 4.78 is 40.1. The Morgan fingerprint density at radius 1 is 0.475 bits per heavy atom. The highest BCUT2D eigenvalue weighted by molar-refractivity contribution is 7.81. The van der Waals surface area contributed by atoms with Crippen LogP contribution >= 0.6 is 34.9 Å². The van der Waals surface area contributed by atoms with Crippen LogP contribution in [0.5, 0.6) is 0 Å². The molecule has 13 rings (SSSR count). The fourth-order valence-corrected chi connectivity index (χ4v) is 15.5. The number of aryl methyl sites for hydroxylation is 4. The standard InChI is InChI=1S/C70H40F2N4OS3/c1-37-13-21-43(22-14-37)69(44-23-15-38(2)16-24-44)55-31-47(29-53-57(41(33-73)34-74)49-9-5-7-11-51(49)65(53)77)79-67(55)59-61(69)64(72)60-62(63(59)71)70(45-25-17-39(3)18-26-45,46-27-19-40(4)20-28-46)56-32-48(80-68(56)60)30-54-58(42(35-75)36-76)50-10-6-8-12-52(50)66(54)78/h5-32H,1-4H3/b53-29-,54-30-. The first-order valence-corrected chi connectivity index (χ1v) is 27.8. The van der Waals surface area contributed by atoms with Crippen molar-refractivity contribution in [3.8, 4) is 45.2 Å². The second-order valence-electron chi connectivity index (χ2n) is 20.7. The molecule has 10 heteroatoms. The van der Waals surface area contributed by atoms with Crippen LogP contribution in [0.25, 0.3) is 44.2 Å². The summed E-state index contributed by atoms with van der Waals surface area (Å²) in [6.45, 7) is 7.94. The van der Waals surface area contributed by atoms with E-state index in [2.05, 4.69) is 12.1 Å². The highest BCUT2D eigenvalue weighted by atomic mass is 32.1. The number of hydrogen-bond donors (Lipinski definition) is 0. The van der Waals surface area contributed by atoms with Gasteiger partial charge in [-0.2, -0.15) is 21.0 Å². The third-order valence-corrected chi connectivity index (χ3v) is 18.9. The lowest BCUT2D eigenvalue weighted by Crippen LogP contribution is -2.32. The van der Waals surface area contributed by atoms with Crippen molar-refractivity contribution < 1.29 is 13.6 Å². The molecule has 0 amide bonds. The fraction of sp³-hybridized carbons (Fsp3) is 0.0857. The molecule has 0 N–H and O–H groups in total. The van der Waals surface area contributed by atoms with Crippen molar-refractivity contribution in [2.75, 3.05) is 0 Å². The Bertz CT molecular complexity index is 4180. The van der Waals surface area contributed by atoms with E-state index in [1.165, 1.54) is 22.7 Å². The molecule has 0 fully saturated rings. The van der Waals surface area contributed by atoms with Gasteiger partial charge >= 0.3 is 0 Å². The predicted octanol–water partition coefficient (Wildman–Crippen LogP) is 16.7. The van der Waals surface area contributed by atoms with E-state index in [1.807, 2.05) is 179 Å². The van der Waals surface area contributed by atoms with Crippen molar-refractivity contribution >= 4 is 68.8 Å². The number of carbonyl (C=O) groups is 1. The van der Waals surface area contributed by atoms with Crippen LogP contribution in [0.4, 0.5) is 8.78 Å². The largest absolute Gasteiger partial charge is 0.289 e. The number of Topliss-reactive ketones (excluding diaryl/α,β-unsaturated/α-hetero) is 1. The number of fused-ring (bicyclic) bond motifs is 8. The van der Waals surface area contributed by atoms with Gasteiger partial charge in [-0.25, -0.2) is 8.78 Å². The summed E-state index contributed by atoms with van der Waals surface area (Å²) in [6.07, 6.45) is 3.57. The molecule has 7 aromatic carbocycles. The lowest BCUT2D eigenvalue weighted by molar-refractivity contribution is 0.104. The molecule has 5 nitrogen and oxygen atoms in total. The zero-order valence-corrected chi connectivity index (χ0v) is 45.8. The van der Waals surface area contributed by atoms with E-state index in [0.717, 1.165) is 27.8 Å². The molecule has 378 valence electrons. The molecule has 9 aromatic rings. The van der Waals surface area contributed by atoms with Crippen molar-refractivity contribution in [2.24, 2.45) is 0 Å². The number of halogens is 2.